The molecule has 0 bridgehead atoms. The Morgan fingerprint density at radius 1 is 0.763 bits per heavy atom. The van der Waals surface area contributed by atoms with Gasteiger partial charge in [0.2, 0.25) is 5.91 Å². The third-order valence-corrected chi connectivity index (χ3v) is 5.91. The Kier molecular flexibility index (Phi) is 9.49. The minimum Gasteiger partial charge on any atom is -0.356 e. The van der Waals surface area contributed by atoms with Gasteiger partial charge >= 0.3 is 0 Å². The summed E-state index contributed by atoms with van der Waals surface area (Å²) in [5.74, 6) is -1.14. The lowest BCUT2D eigenvalue weighted by atomic mass is 10.3. The smallest absolute Gasteiger partial charge is 0.272 e. The van der Waals surface area contributed by atoms with E-state index in [-0.39, 0.29) is 30.7 Å². The van der Waals surface area contributed by atoms with Crippen LogP contribution in [0, 0.1) is 0 Å². The molecule has 0 fully saturated rings. The zero-order valence-electron chi connectivity index (χ0n) is 22.5. The first-order chi connectivity index (χ1) is 18.0. The molecule has 0 radical (unpaired) electrons. The zero-order chi connectivity index (χ0) is 27.8. The summed E-state index contributed by atoms with van der Waals surface area (Å²) in [7, 11) is 9.13. The number of nitrogens with one attached hydrogen (secondary N) is 4. The van der Waals surface area contributed by atoms with Gasteiger partial charge in [-0.15, -0.1) is 0 Å². The van der Waals surface area contributed by atoms with E-state index >= 15 is 0 Å². The van der Waals surface area contributed by atoms with Crippen molar-refractivity contribution in [3.05, 3.63) is 59.9 Å². The van der Waals surface area contributed by atoms with Crippen molar-refractivity contribution in [2.24, 2.45) is 21.1 Å². The highest BCUT2D eigenvalue weighted by Crippen LogP contribution is 2.18. The number of hydrogen-bond acceptors (Lipinski definition) is 5. The van der Waals surface area contributed by atoms with Crippen LogP contribution < -0.4 is 21.3 Å². The Balaban J connectivity index is 1.51. The number of amides is 4. The van der Waals surface area contributed by atoms with Crippen molar-refractivity contribution in [3.63, 3.8) is 0 Å². The summed E-state index contributed by atoms with van der Waals surface area (Å²) in [6.45, 7) is 1.68. The molecule has 0 saturated heterocycles. The second kappa shape index (κ2) is 12.8. The minimum absolute atomic E-state index is 0.120. The van der Waals surface area contributed by atoms with E-state index in [0.717, 1.165) is 13.0 Å². The van der Waals surface area contributed by atoms with Crippen molar-refractivity contribution in [1.82, 2.24) is 29.2 Å². The molecule has 3 rings (SSSR count). The monoisotopic (exact) mass is 524 g/mol. The molecule has 3 aromatic heterocycles. The number of hydrogen-bond donors (Lipinski definition) is 4. The van der Waals surface area contributed by atoms with Gasteiger partial charge in [0.1, 0.15) is 17.1 Å². The first-order valence-electron chi connectivity index (χ1n) is 12.3. The van der Waals surface area contributed by atoms with Crippen LogP contribution in [-0.2, 0) is 25.9 Å². The van der Waals surface area contributed by atoms with E-state index < -0.39 is 5.91 Å². The number of aromatic nitrogens is 3. The maximum atomic E-state index is 12.9. The van der Waals surface area contributed by atoms with Crippen LogP contribution in [0.2, 0.25) is 0 Å². The fourth-order valence-electron chi connectivity index (χ4n) is 3.90. The maximum absolute atomic E-state index is 12.9. The molecular weight excluding hydrogens is 488 g/mol. The van der Waals surface area contributed by atoms with Crippen LogP contribution in [0.25, 0.3) is 0 Å². The molecule has 3 aromatic rings. The molecule has 0 saturated carbocycles. The van der Waals surface area contributed by atoms with Crippen LogP contribution in [-0.4, -0.2) is 76.0 Å². The quantitative estimate of drug-likeness (QED) is 0.266. The van der Waals surface area contributed by atoms with E-state index in [0.29, 0.717) is 35.0 Å². The molecule has 12 nitrogen and oxygen atoms in total. The molecule has 38 heavy (non-hydrogen) atoms. The molecular formula is C26H36N8O4. The van der Waals surface area contributed by atoms with Gasteiger partial charge in [-0.25, -0.2) is 0 Å². The summed E-state index contributed by atoms with van der Waals surface area (Å²) in [6.07, 6.45) is 6.09. The maximum Gasteiger partial charge on any atom is 0.272 e. The van der Waals surface area contributed by atoms with E-state index in [1.807, 2.05) is 19.0 Å². The van der Waals surface area contributed by atoms with Gasteiger partial charge in [-0.1, -0.05) is 0 Å². The average molecular weight is 525 g/mol. The van der Waals surface area contributed by atoms with Gasteiger partial charge < -0.3 is 39.9 Å². The molecule has 0 aliphatic heterocycles. The van der Waals surface area contributed by atoms with Crippen LogP contribution in [0.5, 0.6) is 0 Å². The predicted octanol–water partition coefficient (Wildman–Crippen LogP) is 1.39. The fourth-order valence-corrected chi connectivity index (χ4v) is 3.90. The summed E-state index contributed by atoms with van der Waals surface area (Å²) >= 11 is 0. The SMILES string of the molecule is CN(C)CCCNC(=O)CCNC(=O)c1cc(NC(=O)c2cc(NC(=O)c3cccn3C)cn2C)cn1C. The third-order valence-electron chi connectivity index (χ3n) is 5.91. The molecule has 0 aromatic carbocycles. The first-order valence-corrected chi connectivity index (χ1v) is 12.3. The Labute approximate surface area is 222 Å². The molecule has 0 atom stereocenters. The fraction of sp³-hybridized carbons (Fsp3) is 0.385. The molecule has 0 aliphatic rings. The van der Waals surface area contributed by atoms with Crippen molar-refractivity contribution >= 4 is 35.0 Å². The summed E-state index contributed by atoms with van der Waals surface area (Å²) in [6, 6.07) is 6.63. The topological polar surface area (TPSA) is 134 Å². The molecule has 4 N–H and O–H groups in total. The van der Waals surface area contributed by atoms with Gasteiger partial charge in [0.15, 0.2) is 0 Å². The van der Waals surface area contributed by atoms with Gasteiger partial charge in [0.25, 0.3) is 17.7 Å². The van der Waals surface area contributed by atoms with Gasteiger partial charge in [0.05, 0.1) is 11.4 Å². The van der Waals surface area contributed by atoms with Crippen molar-refractivity contribution in [2.45, 2.75) is 12.8 Å². The Morgan fingerprint density at radius 2 is 1.34 bits per heavy atom. The molecule has 4 amide bonds. The van der Waals surface area contributed by atoms with E-state index in [4.69, 9.17) is 0 Å². The average Bonchev–Trinajstić information content (AvgIpc) is 3.54. The Hall–Kier alpha value is -4.32. The highest BCUT2D eigenvalue weighted by molar-refractivity contribution is 6.07. The van der Waals surface area contributed by atoms with Gasteiger partial charge in [-0.3, -0.25) is 19.2 Å². The van der Waals surface area contributed by atoms with Gasteiger partial charge in [0, 0.05) is 59.2 Å². The Bertz CT molecular complexity index is 1300. The van der Waals surface area contributed by atoms with Crippen LogP contribution >= 0.6 is 0 Å². The van der Waals surface area contributed by atoms with Crippen molar-refractivity contribution < 1.29 is 19.2 Å². The number of nitrogens with zero attached hydrogens (tertiary/aromatic N) is 4. The van der Waals surface area contributed by atoms with Crippen molar-refractivity contribution in [1.29, 1.82) is 0 Å². The molecule has 0 spiro atoms. The third kappa shape index (κ3) is 7.59. The van der Waals surface area contributed by atoms with Crippen LogP contribution in [0.3, 0.4) is 0 Å². The van der Waals surface area contributed by atoms with E-state index in [1.165, 1.54) is 0 Å². The molecule has 12 heteroatoms. The summed E-state index contributed by atoms with van der Waals surface area (Å²) in [5, 5.41) is 11.1. The molecule has 3 heterocycles. The highest BCUT2D eigenvalue weighted by atomic mass is 16.2. The summed E-state index contributed by atoms with van der Waals surface area (Å²) in [5.41, 5.74) is 2.10. The summed E-state index contributed by atoms with van der Waals surface area (Å²) < 4.78 is 4.91. The van der Waals surface area contributed by atoms with E-state index in [2.05, 4.69) is 21.3 Å². The number of carbonyl (C=O) groups excluding carboxylic acids is 4. The second-order valence-corrected chi connectivity index (χ2v) is 9.38. The minimum atomic E-state index is -0.393. The lowest BCUT2D eigenvalue weighted by Crippen LogP contribution is -2.32. The number of aryl methyl sites for hydroxylation is 3. The standard InChI is InChI=1S/C26H36N8O4/c1-31(2)12-7-10-27-23(35)9-11-28-24(36)21-14-18(16-33(21)4)30-26(38)22-15-19(17-34(22)5)29-25(37)20-8-6-13-32(20)3/h6,8,13-17H,7,9-12H2,1-5H3,(H,27,35)(H,28,36)(H,29,37)(H,30,38). The van der Waals surface area contributed by atoms with Gasteiger partial charge in [-0.2, -0.15) is 0 Å². The van der Waals surface area contributed by atoms with E-state index in [1.54, 1.807) is 77.7 Å². The van der Waals surface area contributed by atoms with Crippen LogP contribution in [0.1, 0.15) is 44.3 Å². The lowest BCUT2D eigenvalue weighted by molar-refractivity contribution is -0.120. The number of anilines is 2. The zero-order valence-corrected chi connectivity index (χ0v) is 22.5. The lowest BCUT2D eigenvalue weighted by Gasteiger charge is -2.10. The van der Waals surface area contributed by atoms with Crippen LogP contribution in [0.4, 0.5) is 11.4 Å². The summed E-state index contributed by atoms with van der Waals surface area (Å²) in [4.78, 5) is 52.0. The second-order valence-electron chi connectivity index (χ2n) is 9.38. The van der Waals surface area contributed by atoms with Crippen LogP contribution in [0.15, 0.2) is 42.9 Å². The number of rotatable bonds is 12. The number of carbonyl (C=O) groups is 4. The molecule has 0 unspecified atom stereocenters. The highest BCUT2D eigenvalue weighted by Gasteiger charge is 2.18. The molecule has 204 valence electrons. The van der Waals surface area contributed by atoms with Crippen molar-refractivity contribution in [3.8, 4) is 0 Å². The Morgan fingerprint density at radius 3 is 1.89 bits per heavy atom. The normalized spacial score (nSPS) is 10.9. The largest absolute Gasteiger partial charge is 0.356 e. The van der Waals surface area contributed by atoms with Crippen molar-refractivity contribution in [2.75, 3.05) is 44.4 Å². The first kappa shape index (κ1) is 28.3. The predicted molar refractivity (Wildman–Crippen MR) is 145 cm³/mol. The molecule has 0 aliphatic carbocycles. The van der Waals surface area contributed by atoms with E-state index in [9.17, 15) is 19.2 Å². The van der Waals surface area contributed by atoms with Gasteiger partial charge in [-0.05, 0) is 51.3 Å².